The predicted molar refractivity (Wildman–Crippen MR) is 85.9 cm³/mol. The summed E-state index contributed by atoms with van der Waals surface area (Å²) >= 11 is 0. The Morgan fingerprint density at radius 2 is 1.88 bits per heavy atom. The van der Waals surface area contributed by atoms with E-state index in [2.05, 4.69) is 10.5 Å². The lowest BCUT2D eigenvalue weighted by atomic mass is 9.87. The molecule has 3 aliphatic rings. The van der Waals surface area contributed by atoms with Crippen LogP contribution in [0.1, 0.15) is 42.7 Å². The molecule has 7 nitrogen and oxygen atoms in total. The molecule has 0 bridgehead atoms. The highest BCUT2D eigenvalue weighted by molar-refractivity contribution is 6.07. The van der Waals surface area contributed by atoms with Crippen LogP contribution in [0.4, 0.5) is 4.79 Å². The highest BCUT2D eigenvalue weighted by Gasteiger charge is 2.65. The molecular weight excluding hydrogens is 308 g/mol. The molecule has 24 heavy (non-hydrogen) atoms. The first kappa shape index (κ1) is 15.6. The van der Waals surface area contributed by atoms with E-state index >= 15 is 0 Å². The Morgan fingerprint density at radius 1 is 1.25 bits per heavy atom. The van der Waals surface area contributed by atoms with Crippen LogP contribution in [0.5, 0.6) is 0 Å². The maximum Gasteiger partial charge on any atom is 0.326 e. The smallest absolute Gasteiger partial charge is 0.326 e. The Labute approximate surface area is 141 Å². The van der Waals surface area contributed by atoms with Gasteiger partial charge in [-0.1, -0.05) is 5.16 Å². The number of nitrogens with one attached hydrogen (secondary N) is 1. The van der Waals surface area contributed by atoms with Gasteiger partial charge < -0.3 is 9.84 Å². The number of imide groups is 1. The minimum atomic E-state index is -0.610. The van der Waals surface area contributed by atoms with E-state index in [9.17, 15) is 9.59 Å². The van der Waals surface area contributed by atoms with Gasteiger partial charge in [-0.25, -0.2) is 9.69 Å². The average Bonchev–Trinajstić information content (AvgIpc) is 3.44. The summed E-state index contributed by atoms with van der Waals surface area (Å²) in [6.45, 7) is 4.66. The fraction of sp³-hybridized carbons (Fsp3) is 0.706. The van der Waals surface area contributed by atoms with E-state index in [0.29, 0.717) is 18.4 Å². The maximum absolute atomic E-state index is 13.1. The molecule has 0 atom stereocenters. The Morgan fingerprint density at radius 3 is 2.38 bits per heavy atom. The molecule has 1 aromatic heterocycles. The van der Waals surface area contributed by atoms with Crippen LogP contribution < -0.4 is 5.32 Å². The van der Waals surface area contributed by atoms with Crippen molar-refractivity contribution in [1.82, 2.24) is 20.3 Å². The second kappa shape index (κ2) is 5.31. The molecule has 1 aromatic rings. The zero-order chi connectivity index (χ0) is 17.1. The average molecular weight is 332 g/mol. The van der Waals surface area contributed by atoms with Gasteiger partial charge >= 0.3 is 6.03 Å². The van der Waals surface area contributed by atoms with Gasteiger partial charge in [0.15, 0.2) is 0 Å². The van der Waals surface area contributed by atoms with Crippen LogP contribution in [0.15, 0.2) is 4.52 Å². The summed E-state index contributed by atoms with van der Waals surface area (Å²) in [7, 11) is 1.90. The monoisotopic (exact) mass is 332 g/mol. The lowest BCUT2D eigenvalue weighted by Crippen LogP contribution is -2.51. The van der Waals surface area contributed by atoms with Crippen molar-refractivity contribution in [1.29, 1.82) is 0 Å². The fourth-order valence-corrected chi connectivity index (χ4v) is 3.99. The number of hydrogen-bond donors (Lipinski definition) is 1. The summed E-state index contributed by atoms with van der Waals surface area (Å²) in [5.74, 6) is 1.42. The molecule has 2 aliphatic carbocycles. The molecule has 0 aromatic carbocycles. The zero-order valence-electron chi connectivity index (χ0n) is 14.5. The molecule has 2 heterocycles. The first-order chi connectivity index (χ1) is 11.4. The standard InChI is InChI=1S/C17H24N4O3/c1-10-14(11(2)24-19-10)8-20(3)9-21-15(22)17(12-4-5-12,13-6-7-13)18-16(21)23/h12-13H,4-9H2,1-3H3,(H,18,23). The second-order valence-corrected chi connectivity index (χ2v) is 7.54. The van der Waals surface area contributed by atoms with Crippen molar-refractivity contribution in [3.8, 4) is 0 Å². The van der Waals surface area contributed by atoms with E-state index < -0.39 is 5.54 Å². The van der Waals surface area contributed by atoms with Crippen molar-refractivity contribution in [2.75, 3.05) is 13.7 Å². The number of carbonyl (C=O) groups is 2. The summed E-state index contributed by atoms with van der Waals surface area (Å²) < 4.78 is 5.18. The summed E-state index contributed by atoms with van der Waals surface area (Å²) in [6, 6.07) is -0.246. The number of carbonyl (C=O) groups excluding carboxylic acids is 2. The molecule has 130 valence electrons. The number of aryl methyl sites for hydroxylation is 2. The lowest BCUT2D eigenvalue weighted by Gasteiger charge is -2.27. The SMILES string of the molecule is Cc1noc(C)c1CN(C)CN1C(=O)NC(C2CC2)(C2CC2)C1=O. The Hall–Kier alpha value is -1.89. The minimum Gasteiger partial charge on any atom is -0.361 e. The van der Waals surface area contributed by atoms with Crippen LogP contribution in [0.25, 0.3) is 0 Å². The molecule has 0 spiro atoms. The van der Waals surface area contributed by atoms with E-state index in [4.69, 9.17) is 4.52 Å². The third-order valence-electron chi connectivity index (χ3n) is 5.59. The molecular formula is C17H24N4O3. The molecule has 2 saturated carbocycles. The van der Waals surface area contributed by atoms with Gasteiger partial charge in [-0.2, -0.15) is 0 Å². The molecule has 7 heteroatoms. The Kier molecular flexibility index (Phi) is 3.46. The topological polar surface area (TPSA) is 78.7 Å². The molecule has 3 fully saturated rings. The summed E-state index contributed by atoms with van der Waals surface area (Å²) in [6.07, 6.45) is 4.19. The molecule has 1 N–H and O–H groups in total. The van der Waals surface area contributed by atoms with Gasteiger partial charge in [0.1, 0.15) is 11.3 Å². The molecule has 1 aliphatic heterocycles. The number of nitrogens with zero attached hydrogens (tertiary/aromatic N) is 3. The summed E-state index contributed by atoms with van der Waals surface area (Å²) in [5.41, 5.74) is 1.25. The van der Waals surface area contributed by atoms with Gasteiger partial charge in [0, 0.05) is 12.1 Å². The van der Waals surface area contributed by atoms with Gasteiger partial charge in [-0.15, -0.1) is 0 Å². The first-order valence-corrected chi connectivity index (χ1v) is 8.68. The molecule has 0 unspecified atom stereocenters. The van der Waals surface area contributed by atoms with Crippen molar-refractivity contribution in [2.24, 2.45) is 11.8 Å². The van der Waals surface area contributed by atoms with E-state index in [-0.39, 0.29) is 18.6 Å². The third kappa shape index (κ3) is 2.33. The van der Waals surface area contributed by atoms with E-state index in [0.717, 1.165) is 42.7 Å². The van der Waals surface area contributed by atoms with Crippen LogP contribution in [-0.4, -0.2) is 46.2 Å². The minimum absolute atomic E-state index is 0.0249. The number of rotatable bonds is 6. The highest BCUT2D eigenvalue weighted by atomic mass is 16.5. The van der Waals surface area contributed by atoms with E-state index in [1.54, 1.807) is 0 Å². The van der Waals surface area contributed by atoms with Crippen LogP contribution in [-0.2, 0) is 11.3 Å². The number of aromatic nitrogens is 1. The van der Waals surface area contributed by atoms with Crippen LogP contribution in [0.3, 0.4) is 0 Å². The van der Waals surface area contributed by atoms with E-state index in [1.165, 1.54) is 4.90 Å². The summed E-state index contributed by atoms with van der Waals surface area (Å²) in [4.78, 5) is 28.9. The second-order valence-electron chi connectivity index (χ2n) is 7.54. The normalized spacial score (nSPS) is 23.2. The predicted octanol–water partition coefficient (Wildman–Crippen LogP) is 1.79. The van der Waals surface area contributed by atoms with Crippen LogP contribution in [0, 0.1) is 25.7 Å². The molecule has 0 radical (unpaired) electrons. The van der Waals surface area contributed by atoms with Gasteiger partial charge in [-0.3, -0.25) is 9.69 Å². The van der Waals surface area contributed by atoms with Crippen molar-refractivity contribution >= 4 is 11.9 Å². The van der Waals surface area contributed by atoms with E-state index in [1.807, 2.05) is 25.8 Å². The van der Waals surface area contributed by atoms with Crippen molar-refractivity contribution < 1.29 is 14.1 Å². The quantitative estimate of drug-likeness (QED) is 0.804. The van der Waals surface area contributed by atoms with Crippen LogP contribution in [0.2, 0.25) is 0 Å². The van der Waals surface area contributed by atoms with Gasteiger partial charge in [-0.05, 0) is 58.4 Å². The number of urea groups is 1. The number of amides is 3. The van der Waals surface area contributed by atoms with Crippen LogP contribution >= 0.6 is 0 Å². The van der Waals surface area contributed by atoms with Gasteiger partial charge in [0.05, 0.1) is 12.4 Å². The maximum atomic E-state index is 13.1. The zero-order valence-corrected chi connectivity index (χ0v) is 14.5. The van der Waals surface area contributed by atoms with Crippen molar-refractivity contribution in [3.63, 3.8) is 0 Å². The largest absolute Gasteiger partial charge is 0.361 e. The van der Waals surface area contributed by atoms with Crippen molar-refractivity contribution in [2.45, 2.75) is 51.6 Å². The highest BCUT2D eigenvalue weighted by Crippen LogP contribution is 2.54. The lowest BCUT2D eigenvalue weighted by molar-refractivity contribution is -0.134. The number of hydrogen-bond acceptors (Lipinski definition) is 5. The third-order valence-corrected chi connectivity index (χ3v) is 5.59. The van der Waals surface area contributed by atoms with Gasteiger partial charge in [0.25, 0.3) is 5.91 Å². The summed E-state index contributed by atoms with van der Waals surface area (Å²) in [5, 5.41) is 7.01. The van der Waals surface area contributed by atoms with Gasteiger partial charge in [0.2, 0.25) is 0 Å². The van der Waals surface area contributed by atoms with Crippen molar-refractivity contribution in [3.05, 3.63) is 17.0 Å². The molecule has 1 saturated heterocycles. The molecule has 3 amide bonds. The molecule has 4 rings (SSSR count). The first-order valence-electron chi connectivity index (χ1n) is 8.68. The fourth-order valence-electron chi connectivity index (χ4n) is 3.99. The Balaban J connectivity index is 1.48. The Bertz CT molecular complexity index is 659.